The second-order valence-electron chi connectivity index (χ2n) is 8.78. The van der Waals surface area contributed by atoms with Gasteiger partial charge in [0.15, 0.2) is 16.6 Å². The Morgan fingerprint density at radius 2 is 1.29 bits per heavy atom. The molecule has 0 aromatic heterocycles. The van der Waals surface area contributed by atoms with Crippen molar-refractivity contribution < 1.29 is 8.85 Å². The second-order valence-corrected chi connectivity index (χ2v) is 25.9. The predicted octanol–water partition coefficient (Wildman–Crippen LogP) is 5.92. The molecule has 0 aromatic carbocycles. The molecular formula is C16H40Cl2O2Si4. The Balaban J connectivity index is 4.52. The van der Waals surface area contributed by atoms with Crippen molar-refractivity contribution in [3.05, 3.63) is 0 Å². The maximum absolute atomic E-state index is 6.44. The molecule has 0 N–H and O–H groups in total. The van der Waals surface area contributed by atoms with Crippen molar-refractivity contribution in [2.24, 2.45) is 0 Å². The van der Waals surface area contributed by atoms with E-state index in [0.29, 0.717) is 5.16 Å². The lowest BCUT2D eigenvalue weighted by molar-refractivity contribution is 0.0601. The third kappa shape index (κ3) is 15.6. The molecule has 0 aliphatic rings. The van der Waals surface area contributed by atoms with Crippen LogP contribution in [-0.4, -0.2) is 39.5 Å². The predicted molar refractivity (Wildman–Crippen MR) is 122 cm³/mol. The molecule has 0 saturated heterocycles. The van der Waals surface area contributed by atoms with Gasteiger partial charge in [0.25, 0.3) is 0 Å². The summed E-state index contributed by atoms with van der Waals surface area (Å²) in [7, 11) is -5.48. The van der Waals surface area contributed by atoms with Gasteiger partial charge in [0.1, 0.15) is 5.91 Å². The molecule has 0 aromatic rings. The van der Waals surface area contributed by atoms with E-state index >= 15 is 0 Å². The van der Waals surface area contributed by atoms with Gasteiger partial charge in [-0.3, -0.25) is 0 Å². The van der Waals surface area contributed by atoms with E-state index in [-0.39, 0.29) is 5.91 Å². The summed E-state index contributed by atoms with van der Waals surface area (Å²) >= 11 is 12.9. The van der Waals surface area contributed by atoms with Gasteiger partial charge in [-0.25, -0.2) is 0 Å². The third-order valence-corrected chi connectivity index (χ3v) is 15.3. The molecule has 0 radical (unpaired) electrons. The maximum Gasteiger partial charge on any atom is 0.237 e. The highest BCUT2D eigenvalue weighted by molar-refractivity contribution is 7.36. The molecule has 0 bridgehead atoms. The Labute approximate surface area is 166 Å². The summed E-state index contributed by atoms with van der Waals surface area (Å²) in [4.78, 5) is 0. The quantitative estimate of drug-likeness (QED) is 0.142. The largest absolute Gasteiger partial charge is 0.398 e. The summed E-state index contributed by atoms with van der Waals surface area (Å²) in [5, 5.41) is 0.525. The fraction of sp³-hybridized carbons (Fsp3) is 1.00. The molecule has 24 heavy (non-hydrogen) atoms. The molecule has 0 rings (SSSR count). The topological polar surface area (TPSA) is 18.5 Å². The number of unbranched alkanes of at least 4 members (excludes halogenated alkanes) is 5. The van der Waals surface area contributed by atoms with Gasteiger partial charge in [-0.2, -0.15) is 22.2 Å². The van der Waals surface area contributed by atoms with Gasteiger partial charge in [-0.15, -0.1) is 0 Å². The van der Waals surface area contributed by atoms with Crippen LogP contribution in [0.5, 0.6) is 0 Å². The van der Waals surface area contributed by atoms with Gasteiger partial charge in [0, 0.05) is 0 Å². The number of hydrogen-bond acceptors (Lipinski definition) is 2. The third-order valence-electron chi connectivity index (χ3n) is 3.75. The monoisotopic (exact) mass is 446 g/mol. The summed E-state index contributed by atoms with van der Waals surface area (Å²) < 4.78 is 12.7. The first-order chi connectivity index (χ1) is 10.9. The van der Waals surface area contributed by atoms with Gasteiger partial charge in [-0.05, 0) is 44.4 Å². The van der Waals surface area contributed by atoms with Crippen LogP contribution < -0.4 is 0 Å². The lowest BCUT2D eigenvalue weighted by atomic mass is 10.1. The summed E-state index contributed by atoms with van der Waals surface area (Å²) in [5.74, 6) is 0.0147. The Bertz CT molecular complexity index is 304. The van der Waals surface area contributed by atoms with Crippen LogP contribution in [0.4, 0.5) is 0 Å². The number of rotatable bonds is 14. The smallest absolute Gasteiger partial charge is 0.237 e. The number of hydrogen-bond donors (Lipinski definition) is 0. The SMILES string of the molecule is CCCCCCCCC([SiH2]C(O[Si](C)(C)C)O[Si](C)(C)C)[SiH](Cl)Cl. The van der Waals surface area contributed by atoms with Crippen molar-refractivity contribution in [1.82, 2.24) is 0 Å². The van der Waals surface area contributed by atoms with Crippen LogP contribution in [0, 0.1) is 0 Å². The van der Waals surface area contributed by atoms with Gasteiger partial charge in [-0.1, -0.05) is 51.9 Å². The molecule has 0 spiro atoms. The van der Waals surface area contributed by atoms with Crippen molar-refractivity contribution in [1.29, 1.82) is 0 Å². The van der Waals surface area contributed by atoms with Crippen LogP contribution in [0.3, 0.4) is 0 Å². The first-order valence-corrected chi connectivity index (χ1v) is 22.2. The van der Waals surface area contributed by atoms with E-state index in [1.54, 1.807) is 0 Å². The molecule has 0 saturated carbocycles. The maximum atomic E-state index is 6.44. The van der Waals surface area contributed by atoms with Gasteiger partial charge >= 0.3 is 0 Å². The minimum absolute atomic E-state index is 0.0147. The lowest BCUT2D eigenvalue weighted by Crippen LogP contribution is -2.44. The van der Waals surface area contributed by atoms with Crippen molar-refractivity contribution in [3.63, 3.8) is 0 Å². The van der Waals surface area contributed by atoms with E-state index in [2.05, 4.69) is 46.2 Å². The molecule has 0 heterocycles. The molecule has 0 aliphatic heterocycles. The molecule has 0 fully saturated rings. The van der Waals surface area contributed by atoms with Gasteiger partial charge in [0.2, 0.25) is 7.42 Å². The zero-order valence-electron chi connectivity index (χ0n) is 17.0. The molecule has 0 amide bonds. The van der Waals surface area contributed by atoms with Crippen molar-refractivity contribution >= 4 is 55.7 Å². The van der Waals surface area contributed by atoms with Crippen molar-refractivity contribution in [2.75, 3.05) is 0 Å². The summed E-state index contributed by atoms with van der Waals surface area (Å²) in [6.07, 6.45) is 9.13. The van der Waals surface area contributed by atoms with Crippen molar-refractivity contribution in [3.8, 4) is 0 Å². The zero-order valence-corrected chi connectivity index (χ0v) is 23.0. The second kappa shape index (κ2) is 12.7. The Morgan fingerprint density at radius 1 is 0.833 bits per heavy atom. The average molecular weight is 448 g/mol. The Hall–Kier alpha value is 1.37. The number of halogens is 2. The fourth-order valence-corrected chi connectivity index (χ4v) is 13.8. The minimum Gasteiger partial charge on any atom is -0.398 e. The van der Waals surface area contributed by atoms with Crippen LogP contribution in [0.25, 0.3) is 0 Å². The van der Waals surface area contributed by atoms with E-state index in [4.69, 9.17) is 31.0 Å². The van der Waals surface area contributed by atoms with E-state index in [1.165, 1.54) is 44.9 Å². The first-order valence-electron chi connectivity index (χ1n) is 9.58. The zero-order chi connectivity index (χ0) is 18.8. The normalized spacial score (nSPS) is 15.1. The molecule has 1 atom stereocenters. The van der Waals surface area contributed by atoms with Crippen LogP contribution in [0.1, 0.15) is 51.9 Å². The van der Waals surface area contributed by atoms with Gasteiger partial charge in [0.05, 0.1) is 9.52 Å². The fourth-order valence-electron chi connectivity index (χ4n) is 2.69. The van der Waals surface area contributed by atoms with Crippen LogP contribution in [-0.2, 0) is 8.85 Å². The lowest BCUT2D eigenvalue weighted by Gasteiger charge is -2.33. The van der Waals surface area contributed by atoms with E-state index in [1.807, 2.05) is 0 Å². The molecule has 0 aliphatic carbocycles. The minimum atomic E-state index is -1.67. The van der Waals surface area contributed by atoms with Crippen molar-refractivity contribution in [2.45, 2.75) is 102 Å². The molecule has 146 valence electrons. The van der Waals surface area contributed by atoms with Crippen LogP contribution in [0.15, 0.2) is 0 Å². The molecule has 1 unspecified atom stereocenters. The van der Waals surface area contributed by atoms with Gasteiger partial charge < -0.3 is 8.85 Å². The summed E-state index contributed by atoms with van der Waals surface area (Å²) in [6.45, 7) is 15.7. The van der Waals surface area contributed by atoms with E-state index < -0.39 is 33.6 Å². The van der Waals surface area contributed by atoms with Crippen LogP contribution >= 0.6 is 22.2 Å². The van der Waals surface area contributed by atoms with E-state index in [9.17, 15) is 0 Å². The van der Waals surface area contributed by atoms with Crippen LogP contribution in [0.2, 0.25) is 44.4 Å². The first kappa shape index (κ1) is 25.4. The molecule has 8 heteroatoms. The Morgan fingerprint density at radius 3 is 1.71 bits per heavy atom. The summed E-state index contributed by atoms with van der Waals surface area (Å²) in [6, 6.07) is 0. The average Bonchev–Trinajstić information content (AvgIpc) is 2.37. The Kier molecular flexibility index (Phi) is 13.4. The standard InChI is InChI=1S/C16H40Cl2O2Si4/c1-8-9-10-11-12-13-14-15(22(17)18)21-16(19-23(2,3)4)20-24(5,6)7/h15-16,22H,8-14,21H2,1-7H3. The highest BCUT2D eigenvalue weighted by Crippen LogP contribution is 2.27. The highest BCUT2D eigenvalue weighted by atomic mass is 35.7. The molecule has 2 nitrogen and oxygen atoms in total. The summed E-state index contributed by atoms with van der Waals surface area (Å²) in [5.41, 5.74) is 0. The van der Waals surface area contributed by atoms with E-state index in [0.717, 1.165) is 0 Å². The highest BCUT2D eigenvalue weighted by Gasteiger charge is 2.31. The molecular weight excluding hydrogens is 407 g/mol.